The highest BCUT2D eigenvalue weighted by Gasteiger charge is 2.36. The molecule has 0 amide bonds. The van der Waals surface area contributed by atoms with Crippen LogP contribution in [0.2, 0.25) is 0 Å². The Morgan fingerprint density at radius 2 is 0.805 bits per heavy atom. The molecule has 0 radical (unpaired) electrons. The average molecular weight is 1160 g/mol. The van der Waals surface area contributed by atoms with E-state index in [4.69, 9.17) is 29.9 Å². The summed E-state index contributed by atoms with van der Waals surface area (Å²) >= 11 is 0. The van der Waals surface area contributed by atoms with Gasteiger partial charge in [0.05, 0.1) is 81.8 Å². The Kier molecular flexibility index (Phi) is 17.1. The van der Waals surface area contributed by atoms with Gasteiger partial charge in [-0.15, -0.1) is 0 Å². The number of nitrogens with zero attached hydrogens (tertiary/aromatic N) is 15. The lowest BCUT2D eigenvalue weighted by molar-refractivity contribution is 0.109. The molecule has 15 heterocycles. The van der Waals surface area contributed by atoms with E-state index in [2.05, 4.69) is 187 Å². The van der Waals surface area contributed by atoms with Crippen LogP contribution in [0.3, 0.4) is 0 Å². The first-order valence-corrected chi connectivity index (χ1v) is 31.3. The van der Waals surface area contributed by atoms with Gasteiger partial charge < -0.3 is 10.2 Å². The highest BCUT2D eigenvalue weighted by Crippen LogP contribution is 2.44. The summed E-state index contributed by atoms with van der Waals surface area (Å²) in [5.74, 6) is 1.25. The Balaban J connectivity index is 0.000000121. The minimum atomic E-state index is 0.289. The molecule has 16 nitrogen and oxygen atoms in total. The van der Waals surface area contributed by atoms with Crippen LogP contribution in [0, 0.1) is 20.8 Å². The third kappa shape index (κ3) is 11.9. The van der Waals surface area contributed by atoms with E-state index in [-0.39, 0.29) is 6.04 Å². The molecule has 0 aliphatic carbocycles. The Bertz CT molecular complexity index is 3910. The predicted octanol–water partition coefficient (Wildman–Crippen LogP) is 13.3. The van der Waals surface area contributed by atoms with Crippen molar-refractivity contribution in [2.45, 2.75) is 115 Å². The van der Waals surface area contributed by atoms with Gasteiger partial charge >= 0.3 is 0 Å². The van der Waals surface area contributed by atoms with Gasteiger partial charge in [0.1, 0.15) is 22.8 Å². The van der Waals surface area contributed by atoms with Gasteiger partial charge in [0, 0.05) is 99.3 Å². The van der Waals surface area contributed by atoms with Crippen molar-refractivity contribution in [3.63, 3.8) is 0 Å². The molecule has 0 spiro atoms. The number of piperidine rings is 3. The number of rotatable bonds is 9. The smallest absolute Gasteiger partial charge is 0.138 e. The second-order valence-corrected chi connectivity index (χ2v) is 24.1. The topological polar surface area (TPSA) is 141 Å². The van der Waals surface area contributed by atoms with E-state index in [1.165, 1.54) is 64.5 Å². The number of piperazine rings is 1. The molecule has 6 atom stereocenters. The molecule has 1 N–H and O–H groups in total. The third-order valence-corrected chi connectivity index (χ3v) is 18.8. The SMILES string of the molecule is Cc1cccnc1C1CCCC(c2cn3c(-c4cccnc4)cccc3n2)N1C.Cc1cccnc1C1CCCC(c2cn3c(-c4ccncc4)cccc3n2)N1C.Cc1cccnc1C1CCCC(c2cn3c(N4CCNCC4)cccc3n2)N1C. The summed E-state index contributed by atoms with van der Waals surface area (Å²) in [6.45, 7) is 10.6. The van der Waals surface area contributed by atoms with Crippen molar-refractivity contribution in [3.8, 4) is 22.5 Å². The number of aromatic nitrogens is 11. The fraction of sp³-hybridized carbons (Fsp3) is 0.352. The van der Waals surface area contributed by atoms with E-state index in [1.807, 2.05) is 73.6 Å². The number of pyridine rings is 8. The Morgan fingerprint density at radius 3 is 1.25 bits per heavy atom. The van der Waals surface area contributed by atoms with Gasteiger partial charge in [-0.25, -0.2) is 15.0 Å². The summed E-state index contributed by atoms with van der Waals surface area (Å²) in [6.07, 6.45) is 30.2. The largest absolute Gasteiger partial charge is 0.355 e. The molecule has 11 aromatic heterocycles. The van der Waals surface area contributed by atoms with Crippen LogP contribution in [-0.4, -0.2) is 115 Å². The van der Waals surface area contributed by atoms with Crippen LogP contribution >= 0.6 is 0 Å². The number of imidazole rings is 3. The standard InChI is InChI=1S/2C24H25N5.C23H30N6/c1-17-7-5-14-26-24(17)22-11-3-10-21(28(22)2)19-16-29-20(9-4-12-23(29)27-19)18-8-6-13-25-15-18;1-17-6-5-13-26-24(17)22-9-3-8-21(28(22)2)19-16-29-20(7-4-10-23(29)27-19)18-11-14-25-15-12-18;1-17-6-5-11-25-23(17)20-8-3-7-19(27(20)2)18-16-29-21(26-18)9-4-10-22(29)28-14-12-24-13-15-28/h4-9,12-16,21-22H,3,10-11H2,1-2H3;4-7,10-16,21-22H,3,8-9H2,1-2H3;4-6,9-11,16,19-20,24H,3,7-8,12-15H2,1-2H3. The van der Waals surface area contributed by atoms with Crippen LogP contribution in [-0.2, 0) is 0 Å². The first-order valence-electron chi connectivity index (χ1n) is 31.3. The van der Waals surface area contributed by atoms with Gasteiger partial charge in [-0.2, -0.15) is 0 Å². The monoisotopic (exact) mass is 1160 g/mol. The lowest BCUT2D eigenvalue weighted by Crippen LogP contribution is -2.44. The number of hydrogen-bond acceptors (Lipinski definition) is 13. The van der Waals surface area contributed by atoms with Gasteiger partial charge in [-0.05, 0) is 195 Å². The van der Waals surface area contributed by atoms with Gasteiger partial charge in [0.25, 0.3) is 0 Å². The van der Waals surface area contributed by atoms with Crippen LogP contribution in [0.25, 0.3) is 39.5 Å². The molecule has 0 aromatic carbocycles. The second-order valence-electron chi connectivity index (χ2n) is 24.1. The van der Waals surface area contributed by atoms with Crippen LogP contribution in [0.15, 0.2) is 177 Å². The van der Waals surface area contributed by atoms with Crippen molar-refractivity contribution in [2.75, 3.05) is 52.2 Å². The molecule has 0 bridgehead atoms. The fourth-order valence-corrected chi connectivity index (χ4v) is 14.2. The molecule has 4 aliphatic rings. The first-order chi connectivity index (χ1) is 42.7. The summed E-state index contributed by atoms with van der Waals surface area (Å²) < 4.78 is 6.67. The minimum Gasteiger partial charge on any atom is -0.355 e. The van der Waals surface area contributed by atoms with E-state index in [0.717, 1.165) is 116 Å². The van der Waals surface area contributed by atoms with Crippen LogP contribution in [0.1, 0.15) is 145 Å². The molecule has 0 saturated carbocycles. The quantitative estimate of drug-likeness (QED) is 0.147. The molecule has 15 rings (SSSR count). The molecule has 11 aromatic rings. The molecule has 87 heavy (non-hydrogen) atoms. The molecular formula is C71H80N16. The summed E-state index contributed by atoms with van der Waals surface area (Å²) in [5, 5.41) is 3.44. The number of likely N-dealkylation sites (tertiary alicyclic amines) is 3. The molecular weight excluding hydrogens is 1080 g/mol. The number of anilines is 1. The van der Waals surface area contributed by atoms with E-state index >= 15 is 0 Å². The summed E-state index contributed by atoms with van der Waals surface area (Å²) in [4.78, 5) is 47.5. The van der Waals surface area contributed by atoms with Gasteiger partial charge in [-0.3, -0.25) is 52.8 Å². The first kappa shape index (κ1) is 57.5. The van der Waals surface area contributed by atoms with Crippen LogP contribution < -0.4 is 10.2 Å². The summed E-state index contributed by atoms with van der Waals surface area (Å²) in [5.41, 5.74) is 18.3. The zero-order chi connectivity index (χ0) is 59.4. The highest BCUT2D eigenvalue weighted by atomic mass is 15.3. The van der Waals surface area contributed by atoms with E-state index in [1.54, 1.807) is 6.20 Å². The van der Waals surface area contributed by atoms with E-state index in [9.17, 15) is 0 Å². The van der Waals surface area contributed by atoms with Gasteiger partial charge in [-0.1, -0.05) is 36.4 Å². The van der Waals surface area contributed by atoms with Crippen LogP contribution in [0.5, 0.6) is 0 Å². The van der Waals surface area contributed by atoms with Crippen molar-refractivity contribution in [1.82, 2.24) is 73.1 Å². The minimum absolute atomic E-state index is 0.289. The Morgan fingerprint density at radius 1 is 0.391 bits per heavy atom. The molecule has 4 aliphatic heterocycles. The lowest BCUT2D eigenvalue weighted by Gasteiger charge is -2.39. The number of nitrogens with one attached hydrogen (secondary N) is 1. The molecule has 4 saturated heterocycles. The molecule has 4 fully saturated rings. The van der Waals surface area contributed by atoms with Crippen molar-refractivity contribution >= 4 is 22.8 Å². The number of hydrogen-bond donors (Lipinski definition) is 1. The normalized spacial score (nSPS) is 21.3. The maximum atomic E-state index is 5.05. The summed E-state index contributed by atoms with van der Waals surface area (Å²) in [7, 11) is 6.68. The van der Waals surface area contributed by atoms with Crippen LogP contribution in [0.4, 0.5) is 5.82 Å². The second kappa shape index (κ2) is 25.8. The highest BCUT2D eigenvalue weighted by molar-refractivity contribution is 5.64. The van der Waals surface area contributed by atoms with Crippen molar-refractivity contribution in [3.05, 3.63) is 228 Å². The maximum Gasteiger partial charge on any atom is 0.138 e. The summed E-state index contributed by atoms with van der Waals surface area (Å²) in [6, 6.07) is 41.7. The third-order valence-electron chi connectivity index (χ3n) is 18.8. The van der Waals surface area contributed by atoms with Crippen molar-refractivity contribution in [1.29, 1.82) is 0 Å². The average Bonchev–Trinajstić information content (AvgIpc) is 3.53. The Hall–Kier alpha value is -8.54. The zero-order valence-electron chi connectivity index (χ0n) is 51.1. The van der Waals surface area contributed by atoms with Gasteiger partial charge in [0.2, 0.25) is 0 Å². The molecule has 16 heteroatoms. The Labute approximate surface area is 511 Å². The predicted molar refractivity (Wildman–Crippen MR) is 345 cm³/mol. The van der Waals surface area contributed by atoms with E-state index in [0.29, 0.717) is 30.2 Å². The maximum absolute atomic E-state index is 5.05. The van der Waals surface area contributed by atoms with E-state index < -0.39 is 0 Å². The lowest BCUT2D eigenvalue weighted by atomic mass is 9.91. The van der Waals surface area contributed by atoms with Crippen molar-refractivity contribution < 1.29 is 0 Å². The molecule has 444 valence electrons. The number of fused-ring (bicyclic) bond motifs is 3. The number of aryl methyl sites for hydroxylation is 3. The van der Waals surface area contributed by atoms with Gasteiger partial charge in [0.15, 0.2) is 0 Å². The fourth-order valence-electron chi connectivity index (χ4n) is 14.2. The molecule has 6 unspecified atom stereocenters. The zero-order valence-corrected chi connectivity index (χ0v) is 51.1. The van der Waals surface area contributed by atoms with Crippen molar-refractivity contribution in [2.24, 2.45) is 0 Å².